The van der Waals surface area contributed by atoms with Gasteiger partial charge in [-0.05, 0) is 30.5 Å². The Balaban J connectivity index is 2.09. The molecule has 1 saturated heterocycles. The number of rotatable bonds is 6. The standard InChI is InChI=1S/C16H25ClN2O3S/c1-12(2)15(19-6-8-22-9-7-19)11-18-23(20,21)16-5-4-13(3)10-14(16)17/h4-5,10,12,15,18H,6-9,11H2,1-3H3/t15-/m0/s1. The van der Waals surface area contributed by atoms with E-state index in [1.807, 2.05) is 6.92 Å². The van der Waals surface area contributed by atoms with Crippen LogP contribution in [-0.4, -0.2) is 52.2 Å². The molecule has 0 spiro atoms. The molecule has 5 nitrogen and oxygen atoms in total. The zero-order valence-corrected chi connectivity index (χ0v) is 15.5. The lowest BCUT2D eigenvalue weighted by Gasteiger charge is -2.36. The lowest BCUT2D eigenvalue weighted by molar-refractivity contribution is 0.00776. The van der Waals surface area contributed by atoms with Gasteiger partial charge in [-0.3, -0.25) is 4.90 Å². The van der Waals surface area contributed by atoms with E-state index in [4.69, 9.17) is 16.3 Å². The molecule has 1 aromatic rings. The quantitative estimate of drug-likeness (QED) is 0.845. The Morgan fingerprint density at radius 3 is 2.52 bits per heavy atom. The van der Waals surface area contributed by atoms with Gasteiger partial charge in [0.2, 0.25) is 10.0 Å². The third-order valence-electron chi connectivity index (χ3n) is 4.14. The third-order valence-corrected chi connectivity index (χ3v) is 6.05. The van der Waals surface area contributed by atoms with Crippen molar-refractivity contribution in [2.24, 2.45) is 5.92 Å². The first-order chi connectivity index (χ1) is 10.8. The molecule has 1 aliphatic heterocycles. The Kier molecular flexibility index (Phi) is 6.45. The van der Waals surface area contributed by atoms with Gasteiger partial charge in [-0.2, -0.15) is 0 Å². The van der Waals surface area contributed by atoms with Crippen LogP contribution in [-0.2, 0) is 14.8 Å². The molecule has 1 N–H and O–H groups in total. The summed E-state index contributed by atoms with van der Waals surface area (Å²) >= 11 is 6.09. The Hall–Kier alpha value is -0.660. The molecular weight excluding hydrogens is 336 g/mol. The molecule has 0 aliphatic carbocycles. The normalized spacial score (nSPS) is 18.3. The Morgan fingerprint density at radius 1 is 1.30 bits per heavy atom. The van der Waals surface area contributed by atoms with E-state index in [0.29, 0.717) is 25.7 Å². The van der Waals surface area contributed by atoms with Gasteiger partial charge in [0.1, 0.15) is 4.90 Å². The summed E-state index contributed by atoms with van der Waals surface area (Å²) in [4.78, 5) is 2.42. The highest BCUT2D eigenvalue weighted by atomic mass is 35.5. The topological polar surface area (TPSA) is 58.6 Å². The van der Waals surface area contributed by atoms with Crippen LogP contribution in [0, 0.1) is 12.8 Å². The maximum Gasteiger partial charge on any atom is 0.242 e. The van der Waals surface area contributed by atoms with E-state index >= 15 is 0 Å². The summed E-state index contributed by atoms with van der Waals surface area (Å²) in [6.45, 7) is 9.50. The summed E-state index contributed by atoms with van der Waals surface area (Å²) in [6, 6.07) is 5.11. The van der Waals surface area contributed by atoms with Crippen LogP contribution in [0.15, 0.2) is 23.1 Å². The number of morpholine rings is 1. The number of nitrogens with one attached hydrogen (secondary N) is 1. The second kappa shape index (κ2) is 7.94. The second-order valence-corrected chi connectivity index (χ2v) is 8.39. The first-order valence-electron chi connectivity index (χ1n) is 7.89. The highest BCUT2D eigenvalue weighted by Crippen LogP contribution is 2.22. The summed E-state index contributed by atoms with van der Waals surface area (Å²) < 4.78 is 33.2. The largest absolute Gasteiger partial charge is 0.379 e. The van der Waals surface area contributed by atoms with Crippen LogP contribution in [0.25, 0.3) is 0 Å². The fraction of sp³-hybridized carbons (Fsp3) is 0.625. The van der Waals surface area contributed by atoms with Gasteiger partial charge in [0.05, 0.1) is 18.2 Å². The van der Waals surface area contributed by atoms with E-state index in [9.17, 15) is 8.42 Å². The summed E-state index contributed by atoms with van der Waals surface area (Å²) in [5, 5.41) is 0.255. The number of hydrogen-bond acceptors (Lipinski definition) is 4. The molecule has 0 bridgehead atoms. The van der Waals surface area contributed by atoms with Gasteiger partial charge in [0.25, 0.3) is 0 Å². The summed E-state index contributed by atoms with van der Waals surface area (Å²) in [5.41, 5.74) is 0.933. The Bertz CT molecular complexity index is 628. The van der Waals surface area contributed by atoms with E-state index < -0.39 is 10.0 Å². The van der Waals surface area contributed by atoms with Gasteiger partial charge in [-0.25, -0.2) is 13.1 Å². The molecule has 0 unspecified atom stereocenters. The van der Waals surface area contributed by atoms with E-state index in [-0.39, 0.29) is 16.0 Å². The number of sulfonamides is 1. The first kappa shape index (κ1) is 18.7. The van der Waals surface area contributed by atoms with Gasteiger partial charge in [0, 0.05) is 25.7 Å². The molecule has 0 radical (unpaired) electrons. The zero-order valence-electron chi connectivity index (χ0n) is 13.9. The van der Waals surface area contributed by atoms with Gasteiger partial charge in [-0.1, -0.05) is 31.5 Å². The van der Waals surface area contributed by atoms with Crippen LogP contribution in [0.3, 0.4) is 0 Å². The van der Waals surface area contributed by atoms with E-state index in [1.54, 1.807) is 18.2 Å². The van der Waals surface area contributed by atoms with Crippen molar-refractivity contribution in [3.8, 4) is 0 Å². The van der Waals surface area contributed by atoms with Crippen molar-refractivity contribution in [3.63, 3.8) is 0 Å². The molecule has 130 valence electrons. The molecule has 2 rings (SSSR count). The van der Waals surface area contributed by atoms with E-state index in [2.05, 4.69) is 23.5 Å². The minimum absolute atomic E-state index is 0.134. The Morgan fingerprint density at radius 2 is 1.96 bits per heavy atom. The van der Waals surface area contributed by atoms with Crippen molar-refractivity contribution < 1.29 is 13.2 Å². The van der Waals surface area contributed by atoms with Crippen molar-refractivity contribution in [2.45, 2.75) is 31.7 Å². The number of nitrogens with zero attached hydrogens (tertiary/aromatic N) is 1. The number of hydrogen-bond donors (Lipinski definition) is 1. The molecule has 23 heavy (non-hydrogen) atoms. The van der Waals surface area contributed by atoms with Crippen LogP contribution >= 0.6 is 11.6 Å². The van der Waals surface area contributed by atoms with Gasteiger partial charge < -0.3 is 4.74 Å². The minimum atomic E-state index is -3.61. The molecule has 0 aromatic heterocycles. The summed E-state index contributed by atoms with van der Waals surface area (Å²) in [5.74, 6) is 0.337. The number of benzene rings is 1. The Labute approximate surface area is 144 Å². The molecule has 0 amide bonds. The van der Waals surface area contributed by atoms with Gasteiger partial charge in [0.15, 0.2) is 0 Å². The van der Waals surface area contributed by atoms with Crippen molar-refractivity contribution >= 4 is 21.6 Å². The van der Waals surface area contributed by atoms with Gasteiger partial charge in [-0.15, -0.1) is 0 Å². The minimum Gasteiger partial charge on any atom is -0.379 e. The van der Waals surface area contributed by atoms with Gasteiger partial charge >= 0.3 is 0 Å². The maximum absolute atomic E-state index is 12.5. The predicted octanol–water partition coefficient (Wildman–Crippen LogP) is 2.28. The first-order valence-corrected chi connectivity index (χ1v) is 9.75. The fourth-order valence-corrected chi connectivity index (χ4v) is 4.44. The highest BCUT2D eigenvalue weighted by molar-refractivity contribution is 7.89. The molecule has 7 heteroatoms. The van der Waals surface area contributed by atoms with E-state index in [0.717, 1.165) is 18.7 Å². The SMILES string of the molecule is Cc1ccc(S(=O)(=O)NC[C@@H](C(C)C)N2CCOCC2)c(Cl)c1. The van der Waals surface area contributed by atoms with E-state index in [1.165, 1.54) is 0 Å². The molecular formula is C16H25ClN2O3S. The number of ether oxygens (including phenoxy) is 1. The highest BCUT2D eigenvalue weighted by Gasteiger charge is 2.26. The van der Waals surface area contributed by atoms with Crippen LogP contribution < -0.4 is 4.72 Å². The molecule has 0 saturated carbocycles. The number of aryl methyl sites for hydroxylation is 1. The maximum atomic E-state index is 12.5. The molecule has 1 heterocycles. The lowest BCUT2D eigenvalue weighted by atomic mass is 10.0. The zero-order chi connectivity index (χ0) is 17.0. The smallest absolute Gasteiger partial charge is 0.242 e. The molecule has 1 aromatic carbocycles. The third kappa shape index (κ3) is 4.90. The number of halogens is 1. The summed E-state index contributed by atoms with van der Waals surface area (Å²) in [6.07, 6.45) is 0. The van der Waals surface area contributed by atoms with Crippen molar-refractivity contribution in [1.82, 2.24) is 9.62 Å². The average molecular weight is 361 g/mol. The second-order valence-electron chi connectivity index (χ2n) is 6.25. The van der Waals surface area contributed by atoms with Crippen molar-refractivity contribution in [3.05, 3.63) is 28.8 Å². The molecule has 1 fully saturated rings. The average Bonchev–Trinajstić information content (AvgIpc) is 2.47. The lowest BCUT2D eigenvalue weighted by Crippen LogP contribution is -2.51. The van der Waals surface area contributed by atoms with Crippen LogP contribution in [0.5, 0.6) is 0 Å². The van der Waals surface area contributed by atoms with Crippen LogP contribution in [0.1, 0.15) is 19.4 Å². The van der Waals surface area contributed by atoms with Crippen LogP contribution in [0.2, 0.25) is 5.02 Å². The van der Waals surface area contributed by atoms with Crippen molar-refractivity contribution in [1.29, 1.82) is 0 Å². The van der Waals surface area contributed by atoms with Crippen LogP contribution in [0.4, 0.5) is 0 Å². The fourth-order valence-electron chi connectivity index (χ4n) is 2.79. The van der Waals surface area contributed by atoms with Crippen molar-refractivity contribution in [2.75, 3.05) is 32.8 Å². The predicted molar refractivity (Wildman–Crippen MR) is 92.4 cm³/mol. The summed E-state index contributed by atoms with van der Waals surface area (Å²) in [7, 11) is -3.61. The molecule has 1 aliphatic rings. The monoisotopic (exact) mass is 360 g/mol. The molecule has 1 atom stereocenters.